The van der Waals surface area contributed by atoms with Crippen molar-refractivity contribution in [3.05, 3.63) is 30.1 Å². The SMILES string of the molecule is CC1CNCC(CO)N(Cc2ccccn2)C1. The number of rotatable bonds is 3. The van der Waals surface area contributed by atoms with Gasteiger partial charge in [-0.15, -0.1) is 0 Å². The highest BCUT2D eigenvalue weighted by Crippen LogP contribution is 2.12. The minimum Gasteiger partial charge on any atom is -0.395 e. The van der Waals surface area contributed by atoms with Crippen LogP contribution < -0.4 is 5.32 Å². The Bertz CT molecular complexity index is 331. The van der Waals surface area contributed by atoms with E-state index < -0.39 is 0 Å². The quantitative estimate of drug-likeness (QED) is 0.800. The van der Waals surface area contributed by atoms with Gasteiger partial charge in [0.2, 0.25) is 0 Å². The van der Waals surface area contributed by atoms with E-state index >= 15 is 0 Å². The highest BCUT2D eigenvalue weighted by molar-refractivity contribution is 5.04. The molecular weight excluding hydrogens is 214 g/mol. The monoisotopic (exact) mass is 235 g/mol. The first-order valence-corrected chi connectivity index (χ1v) is 6.25. The number of pyridine rings is 1. The third-order valence-electron chi connectivity index (χ3n) is 3.24. The lowest BCUT2D eigenvalue weighted by Crippen LogP contribution is -2.42. The fourth-order valence-corrected chi connectivity index (χ4v) is 2.31. The number of nitrogens with one attached hydrogen (secondary N) is 1. The molecule has 17 heavy (non-hydrogen) atoms. The van der Waals surface area contributed by atoms with Crippen LogP contribution in [0.2, 0.25) is 0 Å². The molecule has 2 N–H and O–H groups in total. The zero-order valence-electron chi connectivity index (χ0n) is 10.3. The van der Waals surface area contributed by atoms with Gasteiger partial charge in [-0.3, -0.25) is 9.88 Å². The lowest BCUT2D eigenvalue weighted by molar-refractivity contribution is 0.117. The zero-order valence-corrected chi connectivity index (χ0v) is 10.3. The molecule has 2 heterocycles. The van der Waals surface area contributed by atoms with Crippen LogP contribution in [0.4, 0.5) is 0 Å². The number of nitrogens with zero attached hydrogens (tertiary/aromatic N) is 2. The van der Waals surface area contributed by atoms with Crippen LogP contribution in [0.5, 0.6) is 0 Å². The van der Waals surface area contributed by atoms with Crippen LogP contribution >= 0.6 is 0 Å². The summed E-state index contributed by atoms with van der Waals surface area (Å²) < 4.78 is 0. The van der Waals surface area contributed by atoms with Crippen molar-refractivity contribution in [2.75, 3.05) is 26.2 Å². The summed E-state index contributed by atoms with van der Waals surface area (Å²) in [5, 5.41) is 12.8. The summed E-state index contributed by atoms with van der Waals surface area (Å²) in [5.41, 5.74) is 1.07. The molecule has 2 unspecified atom stereocenters. The smallest absolute Gasteiger partial charge is 0.0599 e. The average Bonchev–Trinajstić information content (AvgIpc) is 2.52. The molecule has 0 amide bonds. The first-order chi connectivity index (χ1) is 8.29. The van der Waals surface area contributed by atoms with Gasteiger partial charge in [0.15, 0.2) is 0 Å². The number of aliphatic hydroxyl groups is 1. The van der Waals surface area contributed by atoms with Gasteiger partial charge in [0.1, 0.15) is 0 Å². The van der Waals surface area contributed by atoms with Crippen molar-refractivity contribution in [2.45, 2.75) is 19.5 Å². The average molecular weight is 235 g/mol. The van der Waals surface area contributed by atoms with Crippen LogP contribution in [0.25, 0.3) is 0 Å². The van der Waals surface area contributed by atoms with Crippen molar-refractivity contribution >= 4 is 0 Å². The predicted octanol–water partition coefficient (Wildman–Crippen LogP) is 0.484. The number of aliphatic hydroxyl groups excluding tert-OH is 1. The van der Waals surface area contributed by atoms with E-state index in [9.17, 15) is 5.11 Å². The molecule has 94 valence electrons. The fraction of sp³-hybridized carbons (Fsp3) is 0.615. The molecule has 2 atom stereocenters. The molecule has 4 nitrogen and oxygen atoms in total. The predicted molar refractivity (Wildman–Crippen MR) is 67.6 cm³/mol. The molecule has 0 spiro atoms. The summed E-state index contributed by atoms with van der Waals surface area (Å²) in [4.78, 5) is 6.68. The Morgan fingerprint density at radius 1 is 1.47 bits per heavy atom. The summed E-state index contributed by atoms with van der Waals surface area (Å²) in [7, 11) is 0. The molecule has 1 aromatic heterocycles. The first-order valence-electron chi connectivity index (χ1n) is 6.25. The van der Waals surface area contributed by atoms with E-state index in [2.05, 4.69) is 22.1 Å². The second kappa shape index (κ2) is 6.10. The molecule has 1 aliphatic heterocycles. The van der Waals surface area contributed by atoms with Crippen molar-refractivity contribution in [3.63, 3.8) is 0 Å². The van der Waals surface area contributed by atoms with E-state index in [-0.39, 0.29) is 12.6 Å². The first kappa shape index (κ1) is 12.5. The topological polar surface area (TPSA) is 48.4 Å². The molecule has 0 radical (unpaired) electrons. The molecule has 0 bridgehead atoms. The Morgan fingerprint density at radius 3 is 3.06 bits per heavy atom. The maximum atomic E-state index is 9.45. The zero-order chi connectivity index (χ0) is 12.1. The van der Waals surface area contributed by atoms with Crippen LogP contribution in [0.1, 0.15) is 12.6 Å². The highest BCUT2D eigenvalue weighted by atomic mass is 16.3. The summed E-state index contributed by atoms with van der Waals surface area (Å²) in [6.45, 7) is 6.14. The van der Waals surface area contributed by atoms with Crippen molar-refractivity contribution in [1.29, 1.82) is 0 Å². The highest BCUT2D eigenvalue weighted by Gasteiger charge is 2.23. The normalized spacial score (nSPS) is 26.7. The third-order valence-corrected chi connectivity index (χ3v) is 3.24. The Labute approximate surface area is 103 Å². The third kappa shape index (κ3) is 3.49. The van der Waals surface area contributed by atoms with Gasteiger partial charge in [-0.25, -0.2) is 0 Å². The van der Waals surface area contributed by atoms with Crippen LogP contribution in [-0.2, 0) is 6.54 Å². The summed E-state index contributed by atoms with van der Waals surface area (Å²) in [6, 6.07) is 6.18. The second-order valence-electron chi connectivity index (χ2n) is 4.85. The van der Waals surface area contributed by atoms with Gasteiger partial charge in [0, 0.05) is 31.9 Å². The van der Waals surface area contributed by atoms with Gasteiger partial charge in [-0.1, -0.05) is 13.0 Å². The van der Waals surface area contributed by atoms with Crippen molar-refractivity contribution in [1.82, 2.24) is 15.2 Å². The molecule has 2 rings (SSSR count). The molecule has 1 aromatic rings. The Kier molecular flexibility index (Phi) is 4.48. The molecule has 0 aliphatic carbocycles. The lowest BCUT2D eigenvalue weighted by atomic mass is 10.1. The van der Waals surface area contributed by atoms with Gasteiger partial charge < -0.3 is 10.4 Å². The van der Waals surface area contributed by atoms with E-state index in [0.29, 0.717) is 5.92 Å². The minimum atomic E-state index is 0.196. The minimum absolute atomic E-state index is 0.196. The Balaban J connectivity index is 2.04. The molecule has 4 heteroatoms. The molecular formula is C13H21N3O. The Hall–Kier alpha value is -0.970. The largest absolute Gasteiger partial charge is 0.395 e. The number of hydrogen-bond donors (Lipinski definition) is 2. The molecule has 1 aliphatic rings. The van der Waals surface area contributed by atoms with Gasteiger partial charge in [0.25, 0.3) is 0 Å². The lowest BCUT2D eigenvalue weighted by Gasteiger charge is -2.28. The van der Waals surface area contributed by atoms with Gasteiger partial charge in [-0.05, 0) is 24.6 Å². The van der Waals surface area contributed by atoms with Gasteiger partial charge >= 0.3 is 0 Å². The van der Waals surface area contributed by atoms with Crippen molar-refractivity contribution in [2.24, 2.45) is 5.92 Å². The maximum absolute atomic E-state index is 9.45. The summed E-state index contributed by atoms with van der Waals surface area (Å²) in [6.07, 6.45) is 1.82. The number of hydrogen-bond acceptors (Lipinski definition) is 4. The molecule has 1 fully saturated rings. The summed E-state index contributed by atoms with van der Waals surface area (Å²) in [5.74, 6) is 0.607. The standard InChI is InChI=1S/C13H21N3O/c1-11-6-14-7-13(10-17)16(8-11)9-12-4-2-3-5-15-12/h2-5,11,13-14,17H,6-10H2,1H3. The van der Waals surface area contributed by atoms with Crippen LogP contribution in [0, 0.1) is 5.92 Å². The van der Waals surface area contributed by atoms with Crippen molar-refractivity contribution < 1.29 is 5.11 Å². The van der Waals surface area contributed by atoms with Crippen LogP contribution in [0.3, 0.4) is 0 Å². The van der Waals surface area contributed by atoms with Gasteiger partial charge in [-0.2, -0.15) is 0 Å². The molecule has 0 aromatic carbocycles. The molecule has 1 saturated heterocycles. The van der Waals surface area contributed by atoms with E-state index in [1.807, 2.05) is 24.4 Å². The Morgan fingerprint density at radius 2 is 2.35 bits per heavy atom. The summed E-state index contributed by atoms with van der Waals surface area (Å²) >= 11 is 0. The number of aromatic nitrogens is 1. The van der Waals surface area contributed by atoms with Gasteiger partial charge in [0.05, 0.1) is 12.3 Å². The van der Waals surface area contributed by atoms with Crippen LogP contribution in [-0.4, -0.2) is 47.3 Å². The molecule has 0 saturated carbocycles. The van der Waals surface area contributed by atoms with Crippen molar-refractivity contribution in [3.8, 4) is 0 Å². The fourth-order valence-electron chi connectivity index (χ4n) is 2.31. The maximum Gasteiger partial charge on any atom is 0.0599 e. The van der Waals surface area contributed by atoms with E-state index in [0.717, 1.165) is 31.9 Å². The van der Waals surface area contributed by atoms with E-state index in [1.165, 1.54) is 0 Å². The van der Waals surface area contributed by atoms with E-state index in [4.69, 9.17) is 0 Å². The second-order valence-corrected chi connectivity index (χ2v) is 4.85. The van der Waals surface area contributed by atoms with E-state index in [1.54, 1.807) is 0 Å². The van der Waals surface area contributed by atoms with Crippen LogP contribution in [0.15, 0.2) is 24.4 Å².